The van der Waals surface area contributed by atoms with Crippen LogP contribution in [0.25, 0.3) is 0 Å². The molecule has 5 heteroatoms. The van der Waals surface area contributed by atoms with E-state index >= 15 is 0 Å². The Labute approximate surface area is 106 Å². The van der Waals surface area contributed by atoms with E-state index in [4.69, 9.17) is 9.47 Å². The van der Waals surface area contributed by atoms with E-state index in [-0.39, 0.29) is 5.91 Å². The minimum absolute atomic E-state index is 0.0836. The Kier molecular flexibility index (Phi) is 4.04. The van der Waals surface area contributed by atoms with Gasteiger partial charge in [-0.25, -0.2) is 0 Å². The Hall–Kier alpha value is -1.75. The molecule has 98 valence electrons. The number of carbonyl (C=O) groups excluding carboxylic acids is 1. The third kappa shape index (κ3) is 2.73. The van der Waals surface area contributed by atoms with E-state index in [0.717, 1.165) is 12.1 Å². The quantitative estimate of drug-likeness (QED) is 0.773. The van der Waals surface area contributed by atoms with Crippen LogP contribution in [0, 0.1) is 6.92 Å². The van der Waals surface area contributed by atoms with Gasteiger partial charge < -0.3 is 20.1 Å². The summed E-state index contributed by atoms with van der Waals surface area (Å²) < 4.78 is 10.9. The molecule has 0 aromatic heterocycles. The Bertz CT molecular complexity index is 446. The number of amides is 1. The fourth-order valence-corrected chi connectivity index (χ4v) is 1.83. The van der Waals surface area contributed by atoms with Gasteiger partial charge in [-0.3, -0.25) is 4.79 Å². The molecule has 0 atom stereocenters. The minimum Gasteiger partial charge on any atom is -0.486 e. The third-order valence-electron chi connectivity index (χ3n) is 2.79. The highest BCUT2D eigenvalue weighted by Gasteiger charge is 2.17. The van der Waals surface area contributed by atoms with Crippen LogP contribution >= 0.6 is 0 Å². The minimum atomic E-state index is -0.0836. The molecule has 1 aromatic carbocycles. The molecule has 18 heavy (non-hydrogen) atoms. The fraction of sp³-hybridized carbons (Fsp3) is 0.462. The number of carbonyl (C=O) groups is 1. The van der Waals surface area contributed by atoms with Gasteiger partial charge in [0.1, 0.15) is 13.2 Å². The molecule has 2 rings (SSSR count). The number of likely N-dealkylation sites (N-methyl/N-ethyl adjacent to an activating group) is 1. The second-order valence-corrected chi connectivity index (χ2v) is 4.17. The van der Waals surface area contributed by atoms with Crippen molar-refractivity contribution in [2.75, 3.05) is 33.4 Å². The Morgan fingerprint density at radius 2 is 1.89 bits per heavy atom. The molecule has 0 saturated carbocycles. The van der Waals surface area contributed by atoms with E-state index in [9.17, 15) is 4.79 Å². The summed E-state index contributed by atoms with van der Waals surface area (Å²) in [5, 5.41) is 5.83. The van der Waals surface area contributed by atoms with Crippen LogP contribution < -0.4 is 20.1 Å². The highest BCUT2D eigenvalue weighted by atomic mass is 16.6. The molecule has 0 spiro atoms. The molecule has 1 amide bonds. The van der Waals surface area contributed by atoms with Crippen molar-refractivity contribution in [1.29, 1.82) is 0 Å². The molecule has 5 nitrogen and oxygen atoms in total. The van der Waals surface area contributed by atoms with Crippen LogP contribution in [0.5, 0.6) is 11.5 Å². The molecule has 2 N–H and O–H groups in total. The number of rotatable bonds is 4. The topological polar surface area (TPSA) is 59.6 Å². The van der Waals surface area contributed by atoms with Crippen molar-refractivity contribution in [2.24, 2.45) is 0 Å². The number of aryl methyl sites for hydroxylation is 1. The van der Waals surface area contributed by atoms with E-state index < -0.39 is 0 Å². The lowest BCUT2D eigenvalue weighted by molar-refractivity contribution is 0.0952. The molecule has 1 aliphatic rings. The largest absolute Gasteiger partial charge is 0.486 e. The number of fused-ring (bicyclic) bond motifs is 1. The van der Waals surface area contributed by atoms with Gasteiger partial charge in [0, 0.05) is 18.7 Å². The maximum absolute atomic E-state index is 12.0. The van der Waals surface area contributed by atoms with E-state index in [1.54, 1.807) is 6.07 Å². The molecular weight excluding hydrogens is 232 g/mol. The lowest BCUT2D eigenvalue weighted by Gasteiger charge is -2.20. The summed E-state index contributed by atoms with van der Waals surface area (Å²) in [6, 6.07) is 3.60. The fourth-order valence-electron chi connectivity index (χ4n) is 1.83. The molecule has 1 aromatic rings. The zero-order chi connectivity index (χ0) is 13.0. The van der Waals surface area contributed by atoms with Crippen LogP contribution in [0.4, 0.5) is 0 Å². The number of benzene rings is 1. The summed E-state index contributed by atoms with van der Waals surface area (Å²) >= 11 is 0. The van der Waals surface area contributed by atoms with Crippen molar-refractivity contribution in [2.45, 2.75) is 6.92 Å². The molecule has 0 fully saturated rings. The molecule has 1 aliphatic heterocycles. The van der Waals surface area contributed by atoms with E-state index in [1.807, 2.05) is 20.0 Å². The zero-order valence-corrected chi connectivity index (χ0v) is 10.7. The average molecular weight is 250 g/mol. The van der Waals surface area contributed by atoms with Gasteiger partial charge in [-0.2, -0.15) is 0 Å². The molecule has 0 unspecified atom stereocenters. The molecule has 0 bridgehead atoms. The number of nitrogens with one attached hydrogen (secondary N) is 2. The summed E-state index contributed by atoms with van der Waals surface area (Å²) in [6.07, 6.45) is 0. The lowest BCUT2D eigenvalue weighted by Crippen LogP contribution is -2.31. The Morgan fingerprint density at radius 1 is 1.22 bits per heavy atom. The number of hydrogen-bond acceptors (Lipinski definition) is 4. The van der Waals surface area contributed by atoms with Crippen LogP contribution in [0.2, 0.25) is 0 Å². The monoisotopic (exact) mass is 250 g/mol. The molecule has 0 radical (unpaired) electrons. The first kappa shape index (κ1) is 12.7. The van der Waals surface area contributed by atoms with E-state index in [1.165, 1.54) is 0 Å². The first-order valence-corrected chi connectivity index (χ1v) is 6.05. The van der Waals surface area contributed by atoms with Crippen molar-refractivity contribution in [3.63, 3.8) is 0 Å². The smallest absolute Gasteiger partial charge is 0.251 e. The third-order valence-corrected chi connectivity index (χ3v) is 2.79. The first-order valence-electron chi connectivity index (χ1n) is 6.05. The van der Waals surface area contributed by atoms with Crippen LogP contribution in [0.3, 0.4) is 0 Å². The van der Waals surface area contributed by atoms with Crippen LogP contribution in [-0.2, 0) is 0 Å². The molecule has 0 saturated heterocycles. The normalized spacial score (nSPS) is 13.2. The van der Waals surface area contributed by atoms with Crippen molar-refractivity contribution in [3.8, 4) is 11.5 Å². The van der Waals surface area contributed by atoms with Gasteiger partial charge in [0.2, 0.25) is 0 Å². The van der Waals surface area contributed by atoms with Crippen molar-refractivity contribution in [1.82, 2.24) is 10.6 Å². The standard InChI is InChI=1S/C13H18N2O3/c1-9-7-11-12(18-6-5-17-11)8-10(9)13(16)15-4-3-14-2/h7-8,14H,3-6H2,1-2H3,(H,15,16). The average Bonchev–Trinajstić information content (AvgIpc) is 2.38. The second-order valence-electron chi connectivity index (χ2n) is 4.17. The van der Waals surface area contributed by atoms with Crippen LogP contribution in [0.1, 0.15) is 15.9 Å². The predicted molar refractivity (Wildman–Crippen MR) is 68.4 cm³/mol. The van der Waals surface area contributed by atoms with Gasteiger partial charge >= 0.3 is 0 Å². The summed E-state index contributed by atoms with van der Waals surface area (Å²) in [5.41, 5.74) is 1.52. The highest BCUT2D eigenvalue weighted by Crippen LogP contribution is 2.32. The van der Waals surface area contributed by atoms with E-state index in [0.29, 0.717) is 36.8 Å². The number of hydrogen-bond donors (Lipinski definition) is 2. The van der Waals surface area contributed by atoms with Crippen molar-refractivity contribution >= 4 is 5.91 Å². The van der Waals surface area contributed by atoms with Gasteiger partial charge in [0.25, 0.3) is 5.91 Å². The zero-order valence-electron chi connectivity index (χ0n) is 10.7. The molecular formula is C13H18N2O3. The number of ether oxygens (including phenoxy) is 2. The Balaban J connectivity index is 2.14. The van der Waals surface area contributed by atoms with Crippen molar-refractivity contribution < 1.29 is 14.3 Å². The van der Waals surface area contributed by atoms with Gasteiger partial charge in [-0.1, -0.05) is 0 Å². The van der Waals surface area contributed by atoms with Gasteiger partial charge in [0.15, 0.2) is 11.5 Å². The lowest BCUT2D eigenvalue weighted by atomic mass is 10.1. The summed E-state index contributed by atoms with van der Waals surface area (Å²) in [4.78, 5) is 12.0. The predicted octanol–water partition coefficient (Wildman–Crippen LogP) is 0.715. The van der Waals surface area contributed by atoms with Crippen LogP contribution in [0.15, 0.2) is 12.1 Å². The summed E-state index contributed by atoms with van der Waals surface area (Å²) in [7, 11) is 1.85. The molecule has 1 heterocycles. The molecule has 0 aliphatic carbocycles. The maximum atomic E-state index is 12.0. The SMILES string of the molecule is CNCCNC(=O)c1cc2c(cc1C)OCCO2. The van der Waals surface area contributed by atoms with Gasteiger partial charge in [-0.15, -0.1) is 0 Å². The Morgan fingerprint density at radius 3 is 2.56 bits per heavy atom. The van der Waals surface area contributed by atoms with Gasteiger partial charge in [0.05, 0.1) is 0 Å². The summed E-state index contributed by atoms with van der Waals surface area (Å²) in [6.45, 7) is 4.32. The first-order chi connectivity index (χ1) is 8.72. The maximum Gasteiger partial charge on any atom is 0.251 e. The second kappa shape index (κ2) is 5.73. The highest BCUT2D eigenvalue weighted by molar-refractivity contribution is 5.96. The van der Waals surface area contributed by atoms with Crippen molar-refractivity contribution in [3.05, 3.63) is 23.3 Å². The summed E-state index contributed by atoms with van der Waals surface area (Å²) in [5.74, 6) is 1.27. The van der Waals surface area contributed by atoms with E-state index in [2.05, 4.69) is 10.6 Å². The van der Waals surface area contributed by atoms with Crippen LogP contribution in [-0.4, -0.2) is 39.3 Å². The van der Waals surface area contributed by atoms with Gasteiger partial charge in [-0.05, 0) is 31.7 Å².